The fourth-order valence-electron chi connectivity index (χ4n) is 5.15. The Kier molecular flexibility index (Phi) is 8.93. The quantitative estimate of drug-likeness (QED) is 0.180. The van der Waals surface area contributed by atoms with Crippen LogP contribution in [0.1, 0.15) is 58.9 Å². The van der Waals surface area contributed by atoms with Crippen LogP contribution in [0.25, 0.3) is 33.6 Å². The number of hydrogen-bond acceptors (Lipinski definition) is 4. The van der Waals surface area contributed by atoms with Crippen LogP contribution in [0.15, 0.2) is 97.3 Å². The van der Waals surface area contributed by atoms with Gasteiger partial charge in [-0.15, -0.1) is 11.3 Å². The molecule has 0 fully saturated rings. The summed E-state index contributed by atoms with van der Waals surface area (Å²) in [4.78, 5) is 24.0. The van der Waals surface area contributed by atoms with Gasteiger partial charge in [0, 0.05) is 34.0 Å². The first-order chi connectivity index (χ1) is 20.9. The summed E-state index contributed by atoms with van der Waals surface area (Å²) in [5.41, 5.74) is 8.03. The summed E-state index contributed by atoms with van der Waals surface area (Å²) in [7, 11) is 0. The Balaban J connectivity index is 1.26. The van der Waals surface area contributed by atoms with Gasteiger partial charge in [-0.1, -0.05) is 98.6 Å². The molecule has 3 aromatic carbocycles. The second kappa shape index (κ2) is 12.7. The van der Waals surface area contributed by atoms with Crippen molar-refractivity contribution in [3.63, 3.8) is 0 Å². The molecule has 0 spiro atoms. The summed E-state index contributed by atoms with van der Waals surface area (Å²) in [6, 6.07) is 23.2. The van der Waals surface area contributed by atoms with Crippen molar-refractivity contribution in [2.24, 2.45) is 0 Å². The third-order valence-electron chi connectivity index (χ3n) is 7.61. The van der Waals surface area contributed by atoms with E-state index in [1.807, 2.05) is 63.2 Å². The van der Waals surface area contributed by atoms with Crippen molar-refractivity contribution in [3.05, 3.63) is 130 Å². The summed E-state index contributed by atoms with van der Waals surface area (Å²) >= 11 is 1.53. The lowest BCUT2D eigenvalue weighted by molar-refractivity contribution is 0.0946. The molecule has 1 N–H and O–H groups in total. The van der Waals surface area contributed by atoms with Crippen molar-refractivity contribution in [2.75, 3.05) is 0 Å². The topological polar surface area (TPSA) is 54.9 Å². The third-order valence-corrected chi connectivity index (χ3v) is 9.12. The predicted octanol–water partition coefficient (Wildman–Crippen LogP) is 9.51. The molecule has 5 rings (SSSR count). The van der Waals surface area contributed by atoms with E-state index in [-0.39, 0.29) is 23.2 Å². The van der Waals surface area contributed by atoms with Gasteiger partial charge in [0.15, 0.2) is 5.82 Å². The van der Waals surface area contributed by atoms with Gasteiger partial charge in [0.1, 0.15) is 5.82 Å². The zero-order valence-electron chi connectivity index (χ0n) is 26.2. The van der Waals surface area contributed by atoms with Gasteiger partial charge >= 0.3 is 0 Å². The third kappa shape index (κ3) is 7.20. The molecule has 6 heteroatoms. The number of hydrogen-bond donors (Lipinski definition) is 1. The average Bonchev–Trinajstić information content (AvgIpc) is 3.48. The van der Waals surface area contributed by atoms with Crippen LogP contribution in [0.3, 0.4) is 0 Å². The molecule has 1 amide bonds. The molecule has 2 heterocycles. The number of carbonyl (C=O) groups excluding carboxylic acids is 1. The van der Waals surface area contributed by atoms with E-state index >= 15 is 4.39 Å². The van der Waals surface area contributed by atoms with Crippen molar-refractivity contribution < 1.29 is 9.18 Å². The minimum absolute atomic E-state index is 0.00566. The van der Waals surface area contributed by atoms with Gasteiger partial charge in [-0.05, 0) is 67.5 Å². The van der Waals surface area contributed by atoms with E-state index in [1.165, 1.54) is 16.2 Å². The molecule has 5 aromatic rings. The molecule has 0 saturated heterocycles. The molecule has 1 atom stereocenters. The number of nitrogens with one attached hydrogen (secondary N) is 1. The fraction of sp³-hybridized carbons (Fsp3) is 0.237. The molecule has 2 aromatic heterocycles. The minimum atomic E-state index is -0.310. The SMILES string of the molecule is C=C(C)C(Cc1ccc(-c2ncc(-c3ccc(-c4cc(C)cc(C)c4)cc3F)cn2)cc1)NC(=O)c1ccc(C(C)(C)C)s1. The number of thiophene rings is 1. The van der Waals surface area contributed by atoms with Crippen molar-refractivity contribution in [1.29, 1.82) is 0 Å². The molecule has 0 aliphatic carbocycles. The van der Waals surface area contributed by atoms with Crippen molar-refractivity contribution in [1.82, 2.24) is 15.3 Å². The van der Waals surface area contributed by atoms with Crippen LogP contribution < -0.4 is 5.32 Å². The molecule has 224 valence electrons. The number of amides is 1. The lowest BCUT2D eigenvalue weighted by Crippen LogP contribution is -2.36. The fourth-order valence-corrected chi connectivity index (χ4v) is 6.12. The number of aromatic nitrogens is 2. The molecule has 0 aliphatic rings. The summed E-state index contributed by atoms with van der Waals surface area (Å²) in [5.74, 6) is 0.167. The average molecular weight is 604 g/mol. The molecule has 0 radical (unpaired) electrons. The lowest BCUT2D eigenvalue weighted by atomic mass is 9.95. The summed E-state index contributed by atoms with van der Waals surface area (Å²) < 4.78 is 15.2. The van der Waals surface area contributed by atoms with Crippen LogP contribution in [-0.4, -0.2) is 21.9 Å². The largest absolute Gasteiger partial charge is 0.345 e. The molecule has 44 heavy (non-hydrogen) atoms. The maximum atomic E-state index is 15.2. The van der Waals surface area contributed by atoms with Gasteiger partial charge in [0.2, 0.25) is 0 Å². The Bertz CT molecular complexity index is 1790. The molecule has 0 saturated carbocycles. The van der Waals surface area contributed by atoms with Crippen LogP contribution >= 0.6 is 11.3 Å². The first-order valence-electron chi connectivity index (χ1n) is 14.7. The summed E-state index contributed by atoms with van der Waals surface area (Å²) in [6.45, 7) is 16.6. The van der Waals surface area contributed by atoms with Gasteiger partial charge in [-0.3, -0.25) is 4.79 Å². The highest BCUT2D eigenvalue weighted by molar-refractivity contribution is 7.14. The van der Waals surface area contributed by atoms with Crippen LogP contribution in [0.2, 0.25) is 0 Å². The number of aryl methyl sites for hydroxylation is 2. The molecule has 4 nitrogen and oxygen atoms in total. The van der Waals surface area contributed by atoms with E-state index in [1.54, 1.807) is 24.5 Å². The van der Waals surface area contributed by atoms with E-state index in [2.05, 4.69) is 60.8 Å². The minimum Gasteiger partial charge on any atom is -0.345 e. The molecule has 0 bridgehead atoms. The molecular formula is C38H38FN3OS. The van der Waals surface area contributed by atoms with Gasteiger partial charge in [-0.2, -0.15) is 0 Å². The number of benzene rings is 3. The van der Waals surface area contributed by atoms with Gasteiger partial charge < -0.3 is 5.32 Å². The van der Waals surface area contributed by atoms with E-state index in [4.69, 9.17) is 0 Å². The Morgan fingerprint density at radius 3 is 2.07 bits per heavy atom. The number of carbonyl (C=O) groups is 1. The second-order valence-electron chi connectivity index (χ2n) is 12.6. The highest BCUT2D eigenvalue weighted by Crippen LogP contribution is 2.31. The van der Waals surface area contributed by atoms with Crippen molar-refractivity contribution >= 4 is 17.2 Å². The summed E-state index contributed by atoms with van der Waals surface area (Å²) in [6.07, 6.45) is 3.94. The Morgan fingerprint density at radius 2 is 1.50 bits per heavy atom. The summed E-state index contributed by atoms with van der Waals surface area (Å²) in [5, 5.41) is 3.15. The molecule has 1 unspecified atom stereocenters. The normalized spacial score (nSPS) is 12.2. The molecule has 0 aliphatic heterocycles. The van der Waals surface area contributed by atoms with Gasteiger partial charge in [0.05, 0.1) is 10.9 Å². The monoisotopic (exact) mass is 603 g/mol. The zero-order valence-corrected chi connectivity index (χ0v) is 27.0. The molecular weight excluding hydrogens is 566 g/mol. The number of rotatable bonds is 8. The number of halogens is 1. The van der Waals surface area contributed by atoms with Crippen molar-refractivity contribution in [2.45, 2.75) is 59.4 Å². The van der Waals surface area contributed by atoms with Crippen LogP contribution in [-0.2, 0) is 11.8 Å². The first kappa shape index (κ1) is 31.0. The first-order valence-corrected chi connectivity index (χ1v) is 15.6. The van der Waals surface area contributed by atoms with Crippen molar-refractivity contribution in [3.8, 4) is 33.6 Å². The Labute approximate surface area is 263 Å². The highest BCUT2D eigenvalue weighted by atomic mass is 32.1. The number of nitrogens with zero attached hydrogens (tertiary/aromatic N) is 2. The highest BCUT2D eigenvalue weighted by Gasteiger charge is 2.21. The maximum absolute atomic E-state index is 15.2. The lowest BCUT2D eigenvalue weighted by Gasteiger charge is -2.19. The maximum Gasteiger partial charge on any atom is 0.261 e. The predicted molar refractivity (Wildman–Crippen MR) is 181 cm³/mol. The van der Waals surface area contributed by atoms with Gasteiger partial charge in [0.25, 0.3) is 5.91 Å². The Morgan fingerprint density at radius 1 is 0.864 bits per heavy atom. The van der Waals surface area contributed by atoms with Gasteiger partial charge in [-0.25, -0.2) is 14.4 Å². The Hall–Kier alpha value is -4.42. The standard InChI is InChI=1S/C38H38FN3OS/c1-23(2)33(42-37(43)34-14-15-35(44-34)38(5,6)7)19-26-8-10-27(11-9-26)36-40-21-30(22-41-36)31-13-12-28(20-32(31)39)29-17-24(3)16-25(4)18-29/h8-18,20-22,33H,1,19H2,2-7H3,(H,42,43). The van der Waals surface area contributed by atoms with E-state index in [9.17, 15) is 4.79 Å². The van der Waals surface area contributed by atoms with Crippen LogP contribution in [0.4, 0.5) is 4.39 Å². The van der Waals surface area contributed by atoms with Crippen LogP contribution in [0.5, 0.6) is 0 Å². The van der Waals surface area contributed by atoms with E-state index in [0.29, 0.717) is 28.2 Å². The van der Waals surface area contributed by atoms with Crippen LogP contribution in [0, 0.1) is 19.7 Å². The van der Waals surface area contributed by atoms with E-state index in [0.717, 1.165) is 39.0 Å². The zero-order chi connectivity index (χ0) is 31.6. The smallest absolute Gasteiger partial charge is 0.261 e. The van der Waals surface area contributed by atoms with E-state index < -0.39 is 0 Å². The second-order valence-corrected chi connectivity index (χ2v) is 13.6.